The van der Waals surface area contributed by atoms with Crippen molar-refractivity contribution in [1.82, 2.24) is 0 Å². The maximum absolute atomic E-state index is 12.8. The highest BCUT2D eigenvalue weighted by molar-refractivity contribution is 6.07. The zero-order chi connectivity index (χ0) is 19.0. The van der Waals surface area contributed by atoms with Crippen LogP contribution in [0.2, 0.25) is 0 Å². The molecule has 0 spiro atoms. The number of hydrogen-bond donors (Lipinski definition) is 0. The van der Waals surface area contributed by atoms with Crippen molar-refractivity contribution >= 4 is 17.3 Å². The number of anilines is 2. The van der Waals surface area contributed by atoms with Crippen molar-refractivity contribution in [3.63, 3.8) is 0 Å². The van der Waals surface area contributed by atoms with E-state index in [1.54, 1.807) is 4.90 Å². The van der Waals surface area contributed by atoms with Crippen LogP contribution in [0.15, 0.2) is 42.5 Å². The van der Waals surface area contributed by atoms with Crippen molar-refractivity contribution in [3.05, 3.63) is 59.2 Å². The van der Waals surface area contributed by atoms with Crippen LogP contribution in [-0.4, -0.2) is 38.8 Å². The molecule has 0 aliphatic carbocycles. The molecule has 2 aromatic rings. The summed E-state index contributed by atoms with van der Waals surface area (Å²) in [6, 6.07) is 10.4. The first-order valence-electron chi connectivity index (χ1n) is 8.88. The minimum absolute atomic E-state index is 0.258. The third-order valence-electron chi connectivity index (χ3n) is 5.04. The number of benzene rings is 2. The fourth-order valence-electron chi connectivity index (χ4n) is 3.57. The molecule has 0 radical (unpaired) electrons. The Kier molecular flexibility index (Phi) is 4.55. The van der Waals surface area contributed by atoms with Crippen molar-refractivity contribution in [2.75, 3.05) is 42.6 Å². The van der Waals surface area contributed by atoms with Crippen LogP contribution >= 0.6 is 0 Å². The van der Waals surface area contributed by atoms with Crippen LogP contribution in [0.25, 0.3) is 0 Å². The highest BCUT2D eigenvalue weighted by Gasteiger charge is 2.31. The number of nitrogens with zero attached hydrogens (tertiary/aromatic N) is 2. The van der Waals surface area contributed by atoms with Crippen LogP contribution in [-0.2, 0) is 17.3 Å². The average molecular weight is 376 g/mol. The molecule has 0 N–H and O–H groups in total. The Morgan fingerprint density at radius 1 is 0.963 bits per heavy atom. The molecule has 142 valence electrons. The first-order valence-corrected chi connectivity index (χ1v) is 8.88. The van der Waals surface area contributed by atoms with Gasteiger partial charge in [-0.15, -0.1) is 0 Å². The predicted octanol–water partition coefficient (Wildman–Crippen LogP) is 3.74. The van der Waals surface area contributed by atoms with Crippen LogP contribution < -0.4 is 9.80 Å². The topological polar surface area (TPSA) is 32.8 Å². The van der Waals surface area contributed by atoms with Crippen LogP contribution in [0.4, 0.5) is 24.5 Å². The molecule has 4 nitrogen and oxygen atoms in total. The molecule has 0 aromatic heterocycles. The summed E-state index contributed by atoms with van der Waals surface area (Å²) in [4.78, 5) is 16.7. The monoisotopic (exact) mass is 376 g/mol. The molecule has 2 aliphatic heterocycles. The van der Waals surface area contributed by atoms with Gasteiger partial charge >= 0.3 is 6.18 Å². The molecule has 4 rings (SSSR count). The number of ether oxygens (including phenoxy) is 1. The van der Waals surface area contributed by atoms with E-state index in [2.05, 4.69) is 11.0 Å². The van der Waals surface area contributed by atoms with Gasteiger partial charge in [0, 0.05) is 36.6 Å². The van der Waals surface area contributed by atoms with E-state index in [0.29, 0.717) is 19.8 Å². The minimum Gasteiger partial charge on any atom is -0.378 e. The zero-order valence-corrected chi connectivity index (χ0v) is 14.6. The standard InChI is InChI=1S/C20H19F3N2O2/c21-20(22,23)16-3-1-14(2-4-16)19(26)25-8-7-15-13-17(5-6-18(15)25)24-9-11-27-12-10-24/h1-6,13H,7-12H2. The molecule has 27 heavy (non-hydrogen) atoms. The van der Waals surface area contributed by atoms with E-state index in [0.717, 1.165) is 48.6 Å². The quantitative estimate of drug-likeness (QED) is 0.801. The Morgan fingerprint density at radius 3 is 2.33 bits per heavy atom. The lowest BCUT2D eigenvalue weighted by molar-refractivity contribution is -0.137. The van der Waals surface area contributed by atoms with E-state index >= 15 is 0 Å². The number of carbonyl (C=O) groups excluding carboxylic acids is 1. The van der Waals surface area contributed by atoms with Gasteiger partial charge in [-0.05, 0) is 54.4 Å². The number of fused-ring (bicyclic) bond motifs is 1. The summed E-state index contributed by atoms with van der Waals surface area (Å²) in [5.41, 5.74) is 2.53. The van der Waals surface area contributed by atoms with Gasteiger partial charge in [0.1, 0.15) is 0 Å². The summed E-state index contributed by atoms with van der Waals surface area (Å²) >= 11 is 0. The van der Waals surface area contributed by atoms with Crippen molar-refractivity contribution in [1.29, 1.82) is 0 Å². The summed E-state index contributed by atoms with van der Waals surface area (Å²) in [5, 5.41) is 0. The van der Waals surface area contributed by atoms with Gasteiger partial charge in [-0.25, -0.2) is 0 Å². The number of rotatable bonds is 2. The molecule has 2 aromatic carbocycles. The summed E-state index contributed by atoms with van der Waals surface area (Å²) in [5.74, 6) is -0.276. The van der Waals surface area contributed by atoms with Gasteiger partial charge in [0.25, 0.3) is 5.91 Å². The molecule has 1 saturated heterocycles. The van der Waals surface area contributed by atoms with E-state index in [-0.39, 0.29) is 11.5 Å². The van der Waals surface area contributed by atoms with Crippen LogP contribution in [0.1, 0.15) is 21.5 Å². The second-order valence-corrected chi connectivity index (χ2v) is 6.69. The van der Waals surface area contributed by atoms with Gasteiger partial charge in [-0.2, -0.15) is 13.2 Å². The normalized spacial score (nSPS) is 17.1. The van der Waals surface area contributed by atoms with Gasteiger partial charge in [-0.1, -0.05) is 0 Å². The fourth-order valence-corrected chi connectivity index (χ4v) is 3.57. The molecule has 2 heterocycles. The van der Waals surface area contributed by atoms with E-state index in [1.807, 2.05) is 12.1 Å². The number of carbonyl (C=O) groups is 1. The van der Waals surface area contributed by atoms with E-state index in [1.165, 1.54) is 12.1 Å². The number of amides is 1. The minimum atomic E-state index is -4.41. The van der Waals surface area contributed by atoms with Crippen molar-refractivity contribution in [2.45, 2.75) is 12.6 Å². The highest BCUT2D eigenvalue weighted by Crippen LogP contribution is 2.34. The summed E-state index contributed by atoms with van der Waals surface area (Å²) in [7, 11) is 0. The molecular weight excluding hydrogens is 357 g/mol. The van der Waals surface area contributed by atoms with Crippen LogP contribution in [0, 0.1) is 0 Å². The highest BCUT2D eigenvalue weighted by atomic mass is 19.4. The Balaban J connectivity index is 1.54. The summed E-state index contributed by atoms with van der Waals surface area (Å²) in [6.07, 6.45) is -3.67. The second-order valence-electron chi connectivity index (χ2n) is 6.69. The molecule has 1 fully saturated rings. The lowest BCUT2D eigenvalue weighted by Crippen LogP contribution is -2.36. The van der Waals surface area contributed by atoms with E-state index in [4.69, 9.17) is 4.74 Å². The maximum atomic E-state index is 12.8. The summed E-state index contributed by atoms with van der Waals surface area (Å²) < 4.78 is 43.5. The van der Waals surface area contributed by atoms with Gasteiger partial charge < -0.3 is 14.5 Å². The number of alkyl halides is 3. The van der Waals surface area contributed by atoms with E-state index in [9.17, 15) is 18.0 Å². The van der Waals surface area contributed by atoms with Crippen LogP contribution in [0.3, 0.4) is 0 Å². The largest absolute Gasteiger partial charge is 0.416 e. The first kappa shape index (κ1) is 17.9. The summed E-state index contributed by atoms with van der Waals surface area (Å²) in [6.45, 7) is 3.62. The molecule has 0 bridgehead atoms. The third-order valence-corrected chi connectivity index (χ3v) is 5.04. The van der Waals surface area contributed by atoms with Crippen LogP contribution in [0.5, 0.6) is 0 Å². The smallest absolute Gasteiger partial charge is 0.378 e. The molecular formula is C20H19F3N2O2. The molecule has 0 saturated carbocycles. The Morgan fingerprint density at radius 2 is 1.67 bits per heavy atom. The molecule has 0 atom stereocenters. The first-order chi connectivity index (χ1) is 12.9. The number of morpholine rings is 1. The molecule has 2 aliphatic rings. The SMILES string of the molecule is O=C(c1ccc(C(F)(F)F)cc1)N1CCc2cc(N3CCOCC3)ccc21. The van der Waals surface area contributed by atoms with Crippen molar-refractivity contribution in [3.8, 4) is 0 Å². The Hall–Kier alpha value is -2.54. The lowest BCUT2D eigenvalue weighted by atomic mass is 10.1. The second kappa shape index (κ2) is 6.88. The van der Waals surface area contributed by atoms with Crippen molar-refractivity contribution < 1.29 is 22.7 Å². The Labute approximate surface area is 155 Å². The fraction of sp³-hybridized carbons (Fsp3) is 0.350. The van der Waals surface area contributed by atoms with E-state index < -0.39 is 11.7 Å². The average Bonchev–Trinajstić information content (AvgIpc) is 3.11. The number of hydrogen-bond acceptors (Lipinski definition) is 3. The Bertz CT molecular complexity index is 843. The van der Waals surface area contributed by atoms with Gasteiger partial charge in [0.2, 0.25) is 0 Å². The molecule has 7 heteroatoms. The van der Waals surface area contributed by atoms with Gasteiger partial charge in [0.05, 0.1) is 18.8 Å². The maximum Gasteiger partial charge on any atom is 0.416 e. The van der Waals surface area contributed by atoms with Crippen molar-refractivity contribution in [2.24, 2.45) is 0 Å². The number of halogens is 3. The lowest BCUT2D eigenvalue weighted by Gasteiger charge is -2.29. The zero-order valence-electron chi connectivity index (χ0n) is 14.6. The molecule has 0 unspecified atom stereocenters. The third kappa shape index (κ3) is 3.51. The van der Waals surface area contributed by atoms with Gasteiger partial charge in [-0.3, -0.25) is 4.79 Å². The van der Waals surface area contributed by atoms with Gasteiger partial charge in [0.15, 0.2) is 0 Å². The molecule has 1 amide bonds. The predicted molar refractivity (Wildman–Crippen MR) is 96.3 cm³/mol.